The van der Waals surface area contributed by atoms with Gasteiger partial charge in [0.15, 0.2) is 0 Å². The van der Waals surface area contributed by atoms with Crippen LogP contribution in [-0.2, 0) is 12.3 Å². The number of hydrogen-bond donors (Lipinski definition) is 1. The molecule has 1 heterocycles. The Morgan fingerprint density at radius 1 is 1.18 bits per heavy atom. The molecule has 0 spiro atoms. The summed E-state index contributed by atoms with van der Waals surface area (Å²) in [5, 5.41) is 3.16. The minimum Gasteiger partial charge on any atom is -0.316 e. The molecule has 0 amide bonds. The Morgan fingerprint density at radius 3 is 2.88 bits per heavy atom. The van der Waals surface area contributed by atoms with Gasteiger partial charge in [-0.25, -0.2) is 0 Å². The van der Waals surface area contributed by atoms with Crippen LogP contribution in [-0.4, -0.2) is 12.0 Å². The number of benzene rings is 1. The van der Waals surface area contributed by atoms with Crippen molar-refractivity contribution in [3.63, 3.8) is 0 Å². The molecule has 0 unspecified atom stereocenters. The average molecular weight is 244 g/mol. The predicted octanol–water partition coefficient (Wildman–Crippen LogP) is 3.09. The van der Waals surface area contributed by atoms with Gasteiger partial charge in [0.2, 0.25) is 0 Å². The molecule has 0 fully saturated rings. The number of thioether (sulfide) groups is 1. The molecular formula is C14H16N2S. The summed E-state index contributed by atoms with van der Waals surface area (Å²) < 4.78 is 0. The minimum absolute atomic E-state index is 0.915. The van der Waals surface area contributed by atoms with Crippen LogP contribution in [0.15, 0.2) is 53.6 Å². The lowest BCUT2D eigenvalue weighted by Crippen LogP contribution is -2.04. The van der Waals surface area contributed by atoms with Crippen LogP contribution >= 0.6 is 11.8 Å². The number of hydrogen-bond acceptors (Lipinski definition) is 3. The molecule has 2 nitrogen and oxygen atoms in total. The minimum atomic E-state index is 0.915. The first kappa shape index (κ1) is 12.1. The van der Waals surface area contributed by atoms with E-state index >= 15 is 0 Å². The van der Waals surface area contributed by atoms with Crippen LogP contribution in [0.1, 0.15) is 11.3 Å². The fourth-order valence-electron chi connectivity index (χ4n) is 1.59. The Morgan fingerprint density at radius 2 is 2.12 bits per heavy atom. The lowest BCUT2D eigenvalue weighted by molar-refractivity contribution is 0.815. The molecule has 0 aliphatic heterocycles. The molecule has 0 aliphatic rings. The number of rotatable bonds is 5. The molecule has 0 bridgehead atoms. The summed E-state index contributed by atoms with van der Waals surface area (Å²) in [5.41, 5.74) is 2.44. The fourth-order valence-corrected chi connectivity index (χ4v) is 2.48. The van der Waals surface area contributed by atoms with Crippen LogP contribution < -0.4 is 5.32 Å². The van der Waals surface area contributed by atoms with Gasteiger partial charge < -0.3 is 5.32 Å². The summed E-state index contributed by atoms with van der Waals surface area (Å²) in [6.07, 6.45) is 1.84. The number of nitrogens with zero attached hydrogens (tertiary/aromatic N) is 1. The van der Waals surface area contributed by atoms with E-state index in [1.807, 2.05) is 37.1 Å². The van der Waals surface area contributed by atoms with Crippen molar-refractivity contribution in [2.24, 2.45) is 0 Å². The Hall–Kier alpha value is -1.32. The van der Waals surface area contributed by atoms with Gasteiger partial charge in [0.25, 0.3) is 0 Å². The third kappa shape index (κ3) is 3.88. The van der Waals surface area contributed by atoms with E-state index in [1.165, 1.54) is 10.5 Å². The SMILES string of the molecule is CNCc1cccc(SCc2ccccn2)c1. The third-order valence-electron chi connectivity index (χ3n) is 2.39. The Bertz CT molecular complexity index is 457. The van der Waals surface area contributed by atoms with E-state index in [2.05, 4.69) is 40.6 Å². The van der Waals surface area contributed by atoms with Gasteiger partial charge >= 0.3 is 0 Å². The highest BCUT2D eigenvalue weighted by Gasteiger charge is 1.98. The second-order valence-corrected chi connectivity index (χ2v) is 4.84. The van der Waals surface area contributed by atoms with Crippen LogP contribution in [0.5, 0.6) is 0 Å². The highest BCUT2D eigenvalue weighted by Crippen LogP contribution is 2.22. The standard InChI is InChI=1S/C14H16N2S/c1-15-10-12-5-4-7-14(9-12)17-11-13-6-2-3-8-16-13/h2-9,15H,10-11H2,1H3. The van der Waals surface area contributed by atoms with Crippen LogP contribution in [0.2, 0.25) is 0 Å². The maximum Gasteiger partial charge on any atom is 0.0506 e. The Labute approximate surface area is 106 Å². The normalized spacial score (nSPS) is 10.4. The average Bonchev–Trinajstić information content (AvgIpc) is 2.39. The van der Waals surface area contributed by atoms with Crippen LogP contribution in [0.4, 0.5) is 0 Å². The van der Waals surface area contributed by atoms with Crippen LogP contribution in [0.3, 0.4) is 0 Å². The Balaban J connectivity index is 1.97. The zero-order chi connectivity index (χ0) is 11.9. The van der Waals surface area contributed by atoms with Crippen LogP contribution in [0.25, 0.3) is 0 Å². The van der Waals surface area contributed by atoms with Crippen molar-refractivity contribution in [3.05, 3.63) is 59.9 Å². The summed E-state index contributed by atoms with van der Waals surface area (Å²) in [4.78, 5) is 5.61. The highest BCUT2D eigenvalue weighted by atomic mass is 32.2. The molecule has 0 radical (unpaired) electrons. The quantitative estimate of drug-likeness (QED) is 0.818. The summed E-state index contributed by atoms with van der Waals surface area (Å²) in [7, 11) is 1.97. The molecule has 17 heavy (non-hydrogen) atoms. The molecule has 2 aromatic rings. The first-order chi connectivity index (χ1) is 8.38. The number of nitrogens with one attached hydrogen (secondary N) is 1. The molecule has 3 heteroatoms. The molecule has 0 atom stereocenters. The van der Waals surface area contributed by atoms with Crippen molar-refractivity contribution < 1.29 is 0 Å². The molecule has 1 aromatic carbocycles. The molecule has 1 aromatic heterocycles. The van der Waals surface area contributed by atoms with Crippen molar-refractivity contribution in [2.75, 3.05) is 7.05 Å². The van der Waals surface area contributed by atoms with Gasteiger partial charge in [0, 0.05) is 23.4 Å². The fraction of sp³-hybridized carbons (Fsp3) is 0.214. The zero-order valence-electron chi connectivity index (χ0n) is 9.89. The summed E-state index contributed by atoms with van der Waals surface area (Å²) in [6, 6.07) is 14.7. The van der Waals surface area contributed by atoms with E-state index < -0.39 is 0 Å². The van der Waals surface area contributed by atoms with Gasteiger partial charge in [0.05, 0.1) is 5.69 Å². The monoisotopic (exact) mass is 244 g/mol. The lowest BCUT2D eigenvalue weighted by Gasteiger charge is -2.04. The van der Waals surface area contributed by atoms with Crippen molar-refractivity contribution in [2.45, 2.75) is 17.2 Å². The smallest absolute Gasteiger partial charge is 0.0506 e. The van der Waals surface area contributed by atoms with E-state index in [1.54, 1.807) is 0 Å². The van der Waals surface area contributed by atoms with Crippen molar-refractivity contribution in [1.29, 1.82) is 0 Å². The van der Waals surface area contributed by atoms with Crippen molar-refractivity contribution in [1.82, 2.24) is 10.3 Å². The van der Waals surface area contributed by atoms with E-state index in [-0.39, 0.29) is 0 Å². The van der Waals surface area contributed by atoms with Gasteiger partial charge in [-0.3, -0.25) is 4.98 Å². The van der Waals surface area contributed by atoms with Crippen molar-refractivity contribution in [3.8, 4) is 0 Å². The summed E-state index contributed by atoms with van der Waals surface area (Å²) >= 11 is 1.82. The third-order valence-corrected chi connectivity index (χ3v) is 3.42. The largest absolute Gasteiger partial charge is 0.316 e. The molecule has 0 aliphatic carbocycles. The van der Waals surface area contributed by atoms with Gasteiger partial charge in [-0.2, -0.15) is 0 Å². The van der Waals surface area contributed by atoms with Crippen molar-refractivity contribution >= 4 is 11.8 Å². The highest BCUT2D eigenvalue weighted by molar-refractivity contribution is 7.98. The van der Waals surface area contributed by atoms with E-state index in [4.69, 9.17) is 0 Å². The maximum absolute atomic E-state index is 4.32. The molecule has 0 saturated heterocycles. The number of aromatic nitrogens is 1. The Kier molecular flexibility index (Phi) is 4.59. The van der Waals surface area contributed by atoms with Crippen LogP contribution in [0, 0.1) is 0 Å². The first-order valence-corrected chi connectivity index (χ1v) is 6.63. The van der Waals surface area contributed by atoms with Gasteiger partial charge in [-0.1, -0.05) is 18.2 Å². The topological polar surface area (TPSA) is 24.9 Å². The van der Waals surface area contributed by atoms with E-state index in [0.717, 1.165) is 18.0 Å². The summed E-state index contributed by atoms with van der Waals surface area (Å²) in [6.45, 7) is 0.915. The van der Waals surface area contributed by atoms with E-state index in [9.17, 15) is 0 Å². The number of pyridine rings is 1. The lowest BCUT2D eigenvalue weighted by atomic mass is 10.2. The summed E-state index contributed by atoms with van der Waals surface area (Å²) in [5.74, 6) is 0.920. The molecule has 0 saturated carbocycles. The molecule has 88 valence electrons. The molecular weight excluding hydrogens is 228 g/mol. The molecule has 2 rings (SSSR count). The predicted molar refractivity (Wildman–Crippen MR) is 73.0 cm³/mol. The maximum atomic E-state index is 4.32. The molecule has 1 N–H and O–H groups in total. The zero-order valence-corrected chi connectivity index (χ0v) is 10.7. The second-order valence-electron chi connectivity index (χ2n) is 3.79. The van der Waals surface area contributed by atoms with Gasteiger partial charge in [0.1, 0.15) is 0 Å². The second kappa shape index (κ2) is 6.42. The van der Waals surface area contributed by atoms with E-state index in [0.29, 0.717) is 0 Å². The van der Waals surface area contributed by atoms with Gasteiger partial charge in [-0.05, 0) is 36.9 Å². The first-order valence-electron chi connectivity index (χ1n) is 5.65. The van der Waals surface area contributed by atoms with Gasteiger partial charge in [-0.15, -0.1) is 11.8 Å².